The van der Waals surface area contributed by atoms with E-state index in [1.165, 1.54) is 5.46 Å². The van der Waals surface area contributed by atoms with Gasteiger partial charge >= 0.3 is 0 Å². The molecular weight excluding hydrogens is 173 g/mol. The lowest BCUT2D eigenvalue weighted by atomic mass is 9.94. The molecule has 0 saturated heterocycles. The first kappa shape index (κ1) is 8.75. The van der Waals surface area contributed by atoms with Crippen LogP contribution in [0.2, 0.25) is 0 Å². The van der Waals surface area contributed by atoms with E-state index >= 15 is 0 Å². The average molecular weight is 183 g/mol. The van der Waals surface area contributed by atoms with Crippen LogP contribution in [0.3, 0.4) is 0 Å². The molecule has 0 spiro atoms. The third-order valence-electron chi connectivity index (χ3n) is 2.06. The Kier molecular flexibility index (Phi) is 2.19. The highest BCUT2D eigenvalue weighted by molar-refractivity contribution is 6.32. The van der Waals surface area contributed by atoms with E-state index in [2.05, 4.69) is 29.9 Å². The maximum absolute atomic E-state index is 5.41. The fourth-order valence-corrected chi connectivity index (χ4v) is 1.23. The van der Waals surface area contributed by atoms with Crippen LogP contribution in [0.5, 0.6) is 0 Å². The van der Waals surface area contributed by atoms with Crippen LogP contribution in [-0.4, -0.2) is 17.8 Å². The van der Waals surface area contributed by atoms with Gasteiger partial charge in [0.05, 0.1) is 0 Å². The number of nitrogen functional groups attached to an aromatic ring is 1. The van der Waals surface area contributed by atoms with Crippen molar-refractivity contribution in [3.05, 3.63) is 36.7 Å². The lowest BCUT2D eigenvalue weighted by Crippen LogP contribution is -1.99. The van der Waals surface area contributed by atoms with Gasteiger partial charge in [0, 0.05) is 18.0 Å². The summed E-state index contributed by atoms with van der Waals surface area (Å²) in [7, 11) is 2.06. The van der Waals surface area contributed by atoms with Crippen molar-refractivity contribution in [2.75, 3.05) is 5.73 Å². The number of hydrogen-bond acceptors (Lipinski definition) is 3. The van der Waals surface area contributed by atoms with Crippen LogP contribution < -0.4 is 11.2 Å². The number of hydrogen-bond donors (Lipinski definition) is 1. The zero-order valence-corrected chi connectivity index (χ0v) is 7.94. The molecule has 0 bridgehead atoms. The van der Waals surface area contributed by atoms with Gasteiger partial charge in [-0.15, -0.1) is 0 Å². The summed E-state index contributed by atoms with van der Waals surface area (Å²) in [5, 5.41) is 0. The zero-order chi connectivity index (χ0) is 9.97. The molecule has 14 heavy (non-hydrogen) atoms. The Morgan fingerprint density at radius 3 is 2.07 bits per heavy atom. The molecule has 2 N–H and O–H groups in total. The van der Waals surface area contributed by atoms with Gasteiger partial charge in [0.25, 0.3) is 0 Å². The molecule has 0 aliphatic rings. The first-order valence-corrected chi connectivity index (χ1v) is 4.40. The summed E-state index contributed by atoms with van der Waals surface area (Å²) in [6, 6.07) is 8.21. The minimum atomic E-state index is 0.306. The second kappa shape index (κ2) is 3.50. The lowest BCUT2D eigenvalue weighted by molar-refractivity contribution is 1.19. The number of nitrogens with zero attached hydrogens (tertiary/aromatic N) is 2. The third kappa shape index (κ3) is 1.74. The molecule has 0 atom stereocenters. The maximum Gasteiger partial charge on any atom is 0.219 e. The highest BCUT2D eigenvalue weighted by Gasteiger charge is 1.97. The molecule has 1 aromatic carbocycles. The van der Waals surface area contributed by atoms with Crippen molar-refractivity contribution < 1.29 is 0 Å². The zero-order valence-electron chi connectivity index (χ0n) is 7.94. The number of benzene rings is 1. The van der Waals surface area contributed by atoms with Gasteiger partial charge in [-0.3, -0.25) is 0 Å². The van der Waals surface area contributed by atoms with Crippen molar-refractivity contribution in [2.24, 2.45) is 0 Å². The van der Waals surface area contributed by atoms with Gasteiger partial charge in [0.1, 0.15) is 7.85 Å². The van der Waals surface area contributed by atoms with Crippen LogP contribution in [0.4, 0.5) is 5.95 Å². The topological polar surface area (TPSA) is 51.8 Å². The predicted octanol–water partition coefficient (Wildman–Crippen LogP) is -0.0158. The van der Waals surface area contributed by atoms with E-state index in [1.807, 2.05) is 12.1 Å². The van der Waals surface area contributed by atoms with Gasteiger partial charge in [-0.2, -0.15) is 0 Å². The lowest BCUT2D eigenvalue weighted by Gasteiger charge is -2.00. The van der Waals surface area contributed by atoms with Crippen molar-refractivity contribution >= 4 is 19.3 Å². The first-order valence-electron chi connectivity index (χ1n) is 4.40. The van der Waals surface area contributed by atoms with Gasteiger partial charge in [0.2, 0.25) is 5.95 Å². The molecular formula is C10H10BN3. The highest BCUT2D eigenvalue weighted by Crippen LogP contribution is 2.15. The summed E-state index contributed by atoms with van der Waals surface area (Å²) in [6.45, 7) is 0. The quantitative estimate of drug-likeness (QED) is 0.632. The molecule has 2 rings (SSSR count). The number of anilines is 1. The Bertz CT molecular complexity index is 379. The van der Waals surface area contributed by atoms with Crippen molar-refractivity contribution in [3.63, 3.8) is 0 Å². The molecule has 0 aliphatic heterocycles. The predicted molar refractivity (Wildman–Crippen MR) is 60.1 cm³/mol. The SMILES string of the molecule is Bc1ccc(-c2cnc(N)nc2)cc1. The molecule has 1 heterocycles. The van der Waals surface area contributed by atoms with E-state index in [0.717, 1.165) is 11.1 Å². The van der Waals surface area contributed by atoms with E-state index in [-0.39, 0.29) is 0 Å². The van der Waals surface area contributed by atoms with Gasteiger partial charge in [-0.25, -0.2) is 9.97 Å². The Balaban J connectivity index is 2.40. The summed E-state index contributed by atoms with van der Waals surface area (Å²) in [4.78, 5) is 7.89. The van der Waals surface area contributed by atoms with Crippen molar-refractivity contribution in [3.8, 4) is 11.1 Å². The summed E-state index contributed by atoms with van der Waals surface area (Å²) in [6.07, 6.45) is 3.46. The molecule has 4 heteroatoms. The molecule has 0 radical (unpaired) electrons. The van der Waals surface area contributed by atoms with Crippen LogP contribution in [-0.2, 0) is 0 Å². The highest BCUT2D eigenvalue weighted by atomic mass is 15.0. The van der Waals surface area contributed by atoms with Gasteiger partial charge in [-0.1, -0.05) is 29.7 Å². The van der Waals surface area contributed by atoms with Gasteiger partial charge in [0.15, 0.2) is 0 Å². The minimum Gasteiger partial charge on any atom is -0.368 e. The summed E-state index contributed by atoms with van der Waals surface area (Å²) in [5.74, 6) is 0.306. The second-order valence-corrected chi connectivity index (χ2v) is 3.20. The van der Waals surface area contributed by atoms with Crippen LogP contribution in [0, 0.1) is 0 Å². The van der Waals surface area contributed by atoms with Crippen LogP contribution in [0.1, 0.15) is 0 Å². The van der Waals surface area contributed by atoms with Crippen molar-refractivity contribution in [1.82, 2.24) is 9.97 Å². The van der Waals surface area contributed by atoms with Crippen molar-refractivity contribution in [2.45, 2.75) is 0 Å². The van der Waals surface area contributed by atoms with E-state index < -0.39 is 0 Å². The minimum absolute atomic E-state index is 0.306. The van der Waals surface area contributed by atoms with E-state index in [9.17, 15) is 0 Å². The summed E-state index contributed by atoms with van der Waals surface area (Å²) in [5.41, 5.74) is 8.74. The van der Waals surface area contributed by atoms with Crippen LogP contribution in [0.15, 0.2) is 36.7 Å². The molecule has 0 fully saturated rings. The largest absolute Gasteiger partial charge is 0.368 e. The van der Waals surface area contributed by atoms with Crippen LogP contribution in [0.25, 0.3) is 11.1 Å². The second-order valence-electron chi connectivity index (χ2n) is 3.20. The molecule has 0 aliphatic carbocycles. The van der Waals surface area contributed by atoms with E-state index in [1.54, 1.807) is 12.4 Å². The Morgan fingerprint density at radius 2 is 1.50 bits per heavy atom. The molecule has 3 nitrogen and oxygen atoms in total. The average Bonchev–Trinajstić information content (AvgIpc) is 2.21. The monoisotopic (exact) mass is 183 g/mol. The van der Waals surface area contributed by atoms with Crippen LogP contribution >= 0.6 is 0 Å². The number of aromatic nitrogens is 2. The van der Waals surface area contributed by atoms with E-state index in [4.69, 9.17) is 5.73 Å². The molecule has 68 valence electrons. The summed E-state index contributed by atoms with van der Waals surface area (Å²) < 4.78 is 0. The van der Waals surface area contributed by atoms with Gasteiger partial charge < -0.3 is 5.73 Å². The Morgan fingerprint density at radius 1 is 0.929 bits per heavy atom. The third-order valence-corrected chi connectivity index (χ3v) is 2.06. The first-order chi connectivity index (χ1) is 6.75. The van der Waals surface area contributed by atoms with Crippen molar-refractivity contribution in [1.29, 1.82) is 0 Å². The molecule has 0 unspecified atom stereocenters. The Hall–Kier alpha value is -1.84. The molecule has 1 aromatic heterocycles. The normalized spacial score (nSPS) is 10.0. The molecule has 0 saturated carbocycles. The fourth-order valence-electron chi connectivity index (χ4n) is 1.23. The number of rotatable bonds is 1. The summed E-state index contributed by atoms with van der Waals surface area (Å²) >= 11 is 0. The molecule has 2 aromatic rings. The standard InChI is InChI=1S/C10H10BN3/c11-9-3-1-7(2-4-9)8-5-13-10(12)14-6-8/h1-6H,11H2,(H2,12,13,14). The smallest absolute Gasteiger partial charge is 0.219 e. The number of nitrogens with two attached hydrogens (primary N) is 1. The van der Waals surface area contributed by atoms with E-state index in [0.29, 0.717) is 5.95 Å². The van der Waals surface area contributed by atoms with Gasteiger partial charge in [-0.05, 0) is 5.56 Å². The fraction of sp³-hybridized carbons (Fsp3) is 0. The Labute approximate surface area is 83.4 Å². The molecule has 0 amide bonds. The maximum atomic E-state index is 5.41.